The Balaban J connectivity index is 1.57. The van der Waals surface area contributed by atoms with Gasteiger partial charge in [-0.1, -0.05) is 6.92 Å². The Bertz CT molecular complexity index is 309. The predicted molar refractivity (Wildman–Crippen MR) is 64.5 cm³/mol. The molecule has 0 aromatic rings. The van der Waals surface area contributed by atoms with E-state index in [1.54, 1.807) is 11.8 Å². The highest BCUT2D eigenvalue weighted by atomic mass is 16.2. The first-order chi connectivity index (χ1) is 8.06. The number of hydrogen-bond acceptors (Lipinski definition) is 2. The zero-order valence-electron chi connectivity index (χ0n) is 10.5. The van der Waals surface area contributed by atoms with E-state index in [-0.39, 0.29) is 18.0 Å². The Morgan fingerprint density at radius 3 is 2.53 bits per heavy atom. The standard InChI is InChI=1S/C12H21N3O2/c1-8(10-3-4-10)5-13-12(17)14-11-6-15(7-11)9(2)16/h8,10-11H,3-7H2,1-2H3,(H2,13,14,17). The summed E-state index contributed by atoms with van der Waals surface area (Å²) in [6.07, 6.45) is 2.61. The van der Waals surface area contributed by atoms with Gasteiger partial charge in [0.25, 0.3) is 0 Å². The van der Waals surface area contributed by atoms with Gasteiger partial charge in [-0.25, -0.2) is 4.79 Å². The van der Waals surface area contributed by atoms with Crippen molar-refractivity contribution in [3.63, 3.8) is 0 Å². The molecule has 1 saturated carbocycles. The molecule has 2 fully saturated rings. The molecule has 0 bridgehead atoms. The van der Waals surface area contributed by atoms with Gasteiger partial charge in [0.2, 0.25) is 5.91 Å². The lowest BCUT2D eigenvalue weighted by Gasteiger charge is -2.38. The van der Waals surface area contributed by atoms with Crippen molar-refractivity contribution in [1.29, 1.82) is 0 Å². The maximum Gasteiger partial charge on any atom is 0.315 e. The molecule has 17 heavy (non-hydrogen) atoms. The van der Waals surface area contributed by atoms with Crippen molar-refractivity contribution in [2.45, 2.75) is 32.7 Å². The van der Waals surface area contributed by atoms with E-state index in [0.29, 0.717) is 19.0 Å². The van der Waals surface area contributed by atoms with E-state index in [4.69, 9.17) is 0 Å². The van der Waals surface area contributed by atoms with E-state index in [9.17, 15) is 9.59 Å². The van der Waals surface area contributed by atoms with Crippen LogP contribution < -0.4 is 10.6 Å². The van der Waals surface area contributed by atoms with Crippen molar-refractivity contribution in [2.24, 2.45) is 11.8 Å². The summed E-state index contributed by atoms with van der Waals surface area (Å²) in [5.74, 6) is 1.47. The largest absolute Gasteiger partial charge is 0.339 e. The topological polar surface area (TPSA) is 61.4 Å². The van der Waals surface area contributed by atoms with Crippen LogP contribution in [0.1, 0.15) is 26.7 Å². The van der Waals surface area contributed by atoms with Crippen molar-refractivity contribution in [3.8, 4) is 0 Å². The lowest BCUT2D eigenvalue weighted by Crippen LogP contribution is -2.62. The molecule has 0 radical (unpaired) electrons. The molecule has 5 nitrogen and oxygen atoms in total. The molecule has 2 N–H and O–H groups in total. The molecule has 1 aliphatic carbocycles. The van der Waals surface area contributed by atoms with Gasteiger partial charge in [-0.3, -0.25) is 4.79 Å². The van der Waals surface area contributed by atoms with E-state index in [1.807, 2.05) is 0 Å². The second-order valence-corrected chi connectivity index (χ2v) is 5.29. The van der Waals surface area contributed by atoms with Crippen LogP contribution in [0.15, 0.2) is 0 Å². The predicted octanol–water partition coefficient (Wildman–Crippen LogP) is 0.562. The number of nitrogens with one attached hydrogen (secondary N) is 2. The van der Waals surface area contributed by atoms with E-state index in [0.717, 1.165) is 12.5 Å². The molecule has 2 rings (SSSR count). The van der Waals surface area contributed by atoms with Crippen LogP contribution >= 0.6 is 0 Å². The number of carbonyl (C=O) groups excluding carboxylic acids is 2. The zero-order valence-corrected chi connectivity index (χ0v) is 10.5. The van der Waals surface area contributed by atoms with Crippen molar-refractivity contribution in [3.05, 3.63) is 0 Å². The summed E-state index contributed by atoms with van der Waals surface area (Å²) in [6, 6.07) is 0.0147. The van der Waals surface area contributed by atoms with Crippen LogP contribution in [0.5, 0.6) is 0 Å². The number of amides is 3. The number of rotatable bonds is 4. The van der Waals surface area contributed by atoms with Gasteiger partial charge < -0.3 is 15.5 Å². The summed E-state index contributed by atoms with van der Waals surface area (Å²) in [4.78, 5) is 24.2. The molecular formula is C12H21N3O2. The molecule has 5 heteroatoms. The molecule has 1 saturated heterocycles. The fraction of sp³-hybridized carbons (Fsp3) is 0.833. The normalized spacial score (nSPS) is 21.6. The molecule has 1 heterocycles. The number of carbonyl (C=O) groups is 2. The molecular weight excluding hydrogens is 218 g/mol. The van der Waals surface area contributed by atoms with E-state index in [1.165, 1.54) is 12.8 Å². The van der Waals surface area contributed by atoms with Gasteiger partial charge in [0, 0.05) is 26.6 Å². The van der Waals surface area contributed by atoms with Crippen LogP contribution in [0.2, 0.25) is 0 Å². The molecule has 96 valence electrons. The minimum Gasteiger partial charge on any atom is -0.339 e. The van der Waals surface area contributed by atoms with Crippen LogP contribution in [0.4, 0.5) is 4.79 Å². The summed E-state index contributed by atoms with van der Waals surface area (Å²) < 4.78 is 0. The van der Waals surface area contributed by atoms with Gasteiger partial charge in [-0.15, -0.1) is 0 Å². The monoisotopic (exact) mass is 239 g/mol. The van der Waals surface area contributed by atoms with Gasteiger partial charge in [0.1, 0.15) is 0 Å². The Kier molecular flexibility index (Phi) is 3.54. The highest BCUT2D eigenvalue weighted by molar-refractivity contribution is 5.76. The molecule has 3 amide bonds. The van der Waals surface area contributed by atoms with Crippen molar-refractivity contribution in [1.82, 2.24) is 15.5 Å². The summed E-state index contributed by atoms with van der Waals surface area (Å²) >= 11 is 0. The second-order valence-electron chi connectivity index (χ2n) is 5.29. The Hall–Kier alpha value is -1.26. The van der Waals surface area contributed by atoms with Crippen molar-refractivity contribution >= 4 is 11.9 Å². The number of urea groups is 1. The van der Waals surface area contributed by atoms with Gasteiger partial charge in [-0.2, -0.15) is 0 Å². The minimum atomic E-state index is -0.106. The Morgan fingerprint density at radius 1 is 1.35 bits per heavy atom. The highest BCUT2D eigenvalue weighted by Gasteiger charge is 2.30. The van der Waals surface area contributed by atoms with Gasteiger partial charge >= 0.3 is 6.03 Å². The lowest BCUT2D eigenvalue weighted by atomic mass is 10.1. The third-order valence-electron chi connectivity index (χ3n) is 3.67. The summed E-state index contributed by atoms with van der Waals surface area (Å²) in [7, 11) is 0. The first-order valence-electron chi connectivity index (χ1n) is 6.36. The first-order valence-corrected chi connectivity index (χ1v) is 6.36. The third-order valence-corrected chi connectivity index (χ3v) is 3.67. The lowest BCUT2D eigenvalue weighted by molar-refractivity contribution is -0.133. The molecule has 1 aliphatic heterocycles. The quantitative estimate of drug-likeness (QED) is 0.753. The number of nitrogens with zero attached hydrogens (tertiary/aromatic N) is 1. The van der Waals surface area contributed by atoms with Crippen LogP contribution in [-0.4, -0.2) is 42.5 Å². The summed E-state index contributed by atoms with van der Waals surface area (Å²) in [6.45, 7) is 5.76. The maximum absolute atomic E-state index is 11.5. The summed E-state index contributed by atoms with van der Waals surface area (Å²) in [5.41, 5.74) is 0. The van der Waals surface area contributed by atoms with E-state index in [2.05, 4.69) is 17.6 Å². The van der Waals surface area contributed by atoms with Gasteiger partial charge in [0.15, 0.2) is 0 Å². The Labute approximate surface area is 102 Å². The fourth-order valence-electron chi connectivity index (χ4n) is 2.15. The van der Waals surface area contributed by atoms with Gasteiger partial charge in [-0.05, 0) is 24.7 Å². The van der Waals surface area contributed by atoms with E-state index < -0.39 is 0 Å². The second kappa shape index (κ2) is 4.94. The minimum absolute atomic E-state index is 0.0748. The number of hydrogen-bond donors (Lipinski definition) is 2. The summed E-state index contributed by atoms with van der Waals surface area (Å²) in [5, 5.41) is 5.77. The third kappa shape index (κ3) is 3.35. The molecule has 0 spiro atoms. The number of likely N-dealkylation sites (tertiary alicyclic amines) is 1. The highest BCUT2D eigenvalue weighted by Crippen LogP contribution is 2.35. The zero-order chi connectivity index (χ0) is 12.4. The Morgan fingerprint density at radius 2 is 2.00 bits per heavy atom. The average Bonchev–Trinajstić information content (AvgIpc) is 3.02. The van der Waals surface area contributed by atoms with E-state index >= 15 is 0 Å². The molecule has 1 atom stereocenters. The molecule has 0 aromatic heterocycles. The molecule has 1 unspecified atom stereocenters. The van der Waals surface area contributed by atoms with Crippen LogP contribution in [0.3, 0.4) is 0 Å². The first kappa shape index (κ1) is 12.2. The van der Waals surface area contributed by atoms with Crippen LogP contribution in [0, 0.1) is 11.8 Å². The fourth-order valence-corrected chi connectivity index (χ4v) is 2.15. The van der Waals surface area contributed by atoms with Gasteiger partial charge in [0.05, 0.1) is 6.04 Å². The average molecular weight is 239 g/mol. The van der Waals surface area contributed by atoms with Crippen molar-refractivity contribution < 1.29 is 9.59 Å². The SMILES string of the molecule is CC(=O)N1CC(NC(=O)NCC(C)C2CC2)C1. The maximum atomic E-state index is 11.5. The van der Waals surface area contributed by atoms with Crippen LogP contribution in [-0.2, 0) is 4.79 Å². The molecule has 0 aromatic carbocycles. The van der Waals surface area contributed by atoms with Crippen LogP contribution in [0.25, 0.3) is 0 Å². The molecule has 2 aliphatic rings. The smallest absolute Gasteiger partial charge is 0.315 e. The van der Waals surface area contributed by atoms with Crippen molar-refractivity contribution in [2.75, 3.05) is 19.6 Å².